The van der Waals surface area contributed by atoms with Crippen molar-refractivity contribution in [1.29, 1.82) is 0 Å². The van der Waals surface area contributed by atoms with Crippen LogP contribution in [0.1, 0.15) is 44.9 Å². The third-order valence-corrected chi connectivity index (χ3v) is 4.24. The van der Waals surface area contributed by atoms with Crippen LogP contribution in [0.15, 0.2) is 6.33 Å². The lowest BCUT2D eigenvalue weighted by Gasteiger charge is -2.20. The Hall–Kier alpha value is -0.570. The average molecular weight is 256 g/mol. The van der Waals surface area contributed by atoms with Gasteiger partial charge < -0.3 is 0 Å². The second kappa shape index (κ2) is 6.39. The lowest BCUT2D eigenvalue weighted by atomic mass is 9.89. The summed E-state index contributed by atoms with van der Waals surface area (Å²) in [6.45, 7) is 3.14. The maximum absolute atomic E-state index is 6.14. The fraction of sp³-hybridized carbons (Fsp3) is 0.846. The topological polar surface area (TPSA) is 30.7 Å². The van der Waals surface area contributed by atoms with Gasteiger partial charge in [0.15, 0.2) is 0 Å². The van der Waals surface area contributed by atoms with Gasteiger partial charge in [-0.15, -0.1) is 11.6 Å². The van der Waals surface area contributed by atoms with Crippen molar-refractivity contribution in [2.75, 3.05) is 5.88 Å². The van der Waals surface area contributed by atoms with E-state index in [2.05, 4.69) is 17.0 Å². The Morgan fingerprint density at radius 2 is 2.24 bits per heavy atom. The summed E-state index contributed by atoms with van der Waals surface area (Å²) in [6, 6.07) is 0. The van der Waals surface area contributed by atoms with E-state index in [9.17, 15) is 0 Å². The number of halogens is 1. The maximum Gasteiger partial charge on any atom is 0.138 e. The molecule has 1 atom stereocenters. The molecular formula is C13H22ClN3. The monoisotopic (exact) mass is 255 g/mol. The highest BCUT2D eigenvalue weighted by atomic mass is 35.5. The summed E-state index contributed by atoms with van der Waals surface area (Å²) in [5, 5.41) is 4.28. The second-order valence-electron chi connectivity index (χ2n) is 5.06. The molecule has 96 valence electrons. The molecule has 0 spiro atoms. The zero-order valence-electron chi connectivity index (χ0n) is 10.6. The van der Waals surface area contributed by atoms with Crippen molar-refractivity contribution in [1.82, 2.24) is 14.8 Å². The number of alkyl halides is 1. The molecule has 1 aliphatic carbocycles. The summed E-state index contributed by atoms with van der Waals surface area (Å²) >= 11 is 6.14. The highest BCUT2D eigenvalue weighted by Crippen LogP contribution is 2.33. The van der Waals surface area contributed by atoms with Crippen LogP contribution in [0, 0.1) is 11.8 Å². The Morgan fingerprint density at radius 1 is 1.47 bits per heavy atom. The zero-order valence-corrected chi connectivity index (χ0v) is 11.4. The molecule has 17 heavy (non-hydrogen) atoms. The van der Waals surface area contributed by atoms with Crippen molar-refractivity contribution >= 4 is 11.6 Å². The Balaban J connectivity index is 1.99. The minimum atomic E-state index is 0.582. The first-order valence-electron chi connectivity index (χ1n) is 6.77. The molecule has 0 radical (unpaired) electrons. The van der Waals surface area contributed by atoms with Crippen LogP contribution in [0.4, 0.5) is 0 Å². The van der Waals surface area contributed by atoms with Gasteiger partial charge in [0.05, 0.1) is 0 Å². The molecule has 1 aliphatic rings. The number of hydrogen-bond acceptors (Lipinski definition) is 2. The number of aromatic nitrogens is 3. The van der Waals surface area contributed by atoms with Crippen LogP contribution in [-0.4, -0.2) is 20.6 Å². The molecule has 2 rings (SSSR count). The fourth-order valence-electron chi connectivity index (χ4n) is 2.86. The summed E-state index contributed by atoms with van der Waals surface area (Å²) in [6.07, 6.45) is 9.21. The molecule has 0 bridgehead atoms. The summed E-state index contributed by atoms with van der Waals surface area (Å²) < 4.78 is 2.04. The van der Waals surface area contributed by atoms with Crippen molar-refractivity contribution in [3.8, 4) is 0 Å². The van der Waals surface area contributed by atoms with E-state index in [0.29, 0.717) is 5.92 Å². The van der Waals surface area contributed by atoms with Crippen LogP contribution in [0.25, 0.3) is 0 Å². The van der Waals surface area contributed by atoms with Gasteiger partial charge in [-0.1, -0.05) is 32.6 Å². The first-order valence-corrected chi connectivity index (χ1v) is 7.31. The molecule has 4 heteroatoms. The van der Waals surface area contributed by atoms with Crippen LogP contribution < -0.4 is 0 Å². The predicted molar refractivity (Wildman–Crippen MR) is 70.2 cm³/mol. The van der Waals surface area contributed by atoms with Gasteiger partial charge in [0, 0.05) is 18.8 Å². The van der Waals surface area contributed by atoms with Gasteiger partial charge in [-0.2, -0.15) is 5.10 Å². The van der Waals surface area contributed by atoms with Crippen molar-refractivity contribution < 1.29 is 0 Å². The van der Waals surface area contributed by atoms with E-state index >= 15 is 0 Å². The van der Waals surface area contributed by atoms with Crippen LogP contribution in [-0.2, 0) is 13.0 Å². The normalized spacial score (nSPS) is 18.7. The van der Waals surface area contributed by atoms with E-state index in [-0.39, 0.29) is 0 Å². The molecule has 0 N–H and O–H groups in total. The molecule has 1 heterocycles. The molecule has 1 aromatic heterocycles. The van der Waals surface area contributed by atoms with E-state index in [1.807, 2.05) is 4.68 Å². The molecule has 0 aliphatic heterocycles. The Kier molecular flexibility index (Phi) is 4.84. The van der Waals surface area contributed by atoms with Gasteiger partial charge >= 0.3 is 0 Å². The quantitative estimate of drug-likeness (QED) is 0.731. The highest BCUT2D eigenvalue weighted by molar-refractivity contribution is 6.18. The molecule has 0 aromatic carbocycles. The van der Waals surface area contributed by atoms with Gasteiger partial charge in [0.1, 0.15) is 12.2 Å². The van der Waals surface area contributed by atoms with Gasteiger partial charge in [0.2, 0.25) is 0 Å². The van der Waals surface area contributed by atoms with E-state index in [0.717, 1.165) is 37.0 Å². The van der Waals surface area contributed by atoms with E-state index in [4.69, 9.17) is 11.6 Å². The minimum Gasteiger partial charge on any atom is -0.250 e. The van der Waals surface area contributed by atoms with E-state index in [1.54, 1.807) is 6.33 Å². The molecule has 1 unspecified atom stereocenters. The van der Waals surface area contributed by atoms with E-state index in [1.165, 1.54) is 25.7 Å². The smallest absolute Gasteiger partial charge is 0.138 e. The lowest BCUT2D eigenvalue weighted by Crippen LogP contribution is -2.19. The first kappa shape index (κ1) is 12.9. The van der Waals surface area contributed by atoms with Gasteiger partial charge in [-0.25, -0.2) is 4.98 Å². The largest absolute Gasteiger partial charge is 0.250 e. The van der Waals surface area contributed by atoms with E-state index < -0.39 is 0 Å². The number of rotatable bonds is 6. The SMILES string of the molecule is CCCn1ncnc1CC(CCl)C1CCCC1. The lowest BCUT2D eigenvalue weighted by molar-refractivity contribution is 0.356. The fourth-order valence-corrected chi connectivity index (χ4v) is 3.22. The van der Waals surface area contributed by atoms with Crippen molar-refractivity contribution in [2.24, 2.45) is 11.8 Å². The first-order chi connectivity index (χ1) is 8.35. The minimum absolute atomic E-state index is 0.582. The standard InChI is InChI=1S/C13H22ClN3/c1-2-7-17-13(15-10-16-17)8-12(9-14)11-5-3-4-6-11/h10-12H,2-9H2,1H3. The molecule has 0 saturated heterocycles. The number of aryl methyl sites for hydroxylation is 1. The van der Waals surface area contributed by atoms with Crippen LogP contribution in [0.5, 0.6) is 0 Å². The Labute approximate surface area is 109 Å². The molecule has 0 amide bonds. The van der Waals surface area contributed by atoms with Crippen molar-refractivity contribution in [3.63, 3.8) is 0 Å². The van der Waals surface area contributed by atoms with Gasteiger partial charge in [-0.3, -0.25) is 4.68 Å². The average Bonchev–Trinajstić information content (AvgIpc) is 2.97. The summed E-state index contributed by atoms with van der Waals surface area (Å²) in [7, 11) is 0. The number of nitrogens with zero attached hydrogens (tertiary/aromatic N) is 3. The van der Waals surface area contributed by atoms with Crippen LogP contribution in [0.2, 0.25) is 0 Å². The molecule has 3 nitrogen and oxygen atoms in total. The molecule has 1 saturated carbocycles. The molecule has 1 aromatic rings. The third-order valence-electron chi connectivity index (χ3n) is 3.84. The molecule has 1 fully saturated rings. The van der Waals surface area contributed by atoms with Gasteiger partial charge in [0.25, 0.3) is 0 Å². The Bertz CT molecular complexity index is 331. The maximum atomic E-state index is 6.14. The third kappa shape index (κ3) is 3.21. The van der Waals surface area contributed by atoms with Crippen molar-refractivity contribution in [3.05, 3.63) is 12.2 Å². The van der Waals surface area contributed by atoms with Crippen LogP contribution in [0.3, 0.4) is 0 Å². The summed E-state index contributed by atoms with van der Waals surface area (Å²) in [4.78, 5) is 4.39. The van der Waals surface area contributed by atoms with Crippen molar-refractivity contribution in [2.45, 2.75) is 52.0 Å². The highest BCUT2D eigenvalue weighted by Gasteiger charge is 2.25. The summed E-state index contributed by atoms with van der Waals surface area (Å²) in [5.74, 6) is 3.26. The second-order valence-corrected chi connectivity index (χ2v) is 5.37. The van der Waals surface area contributed by atoms with Gasteiger partial charge in [-0.05, 0) is 18.3 Å². The van der Waals surface area contributed by atoms with Crippen LogP contribution >= 0.6 is 11.6 Å². The number of hydrogen-bond donors (Lipinski definition) is 0. The predicted octanol–water partition coefficient (Wildman–Crippen LogP) is 3.28. The molecular weight excluding hydrogens is 234 g/mol. The zero-order chi connectivity index (χ0) is 12.1. The Morgan fingerprint density at radius 3 is 2.88 bits per heavy atom. The summed E-state index contributed by atoms with van der Waals surface area (Å²) in [5.41, 5.74) is 0.